The molecule has 2 aliphatic rings. The zero-order chi connectivity index (χ0) is 25.9. The van der Waals surface area contributed by atoms with Crippen LogP contribution >= 0.6 is 11.6 Å². The van der Waals surface area contributed by atoms with Crippen LogP contribution in [-0.2, 0) is 9.53 Å². The Morgan fingerprint density at radius 1 is 1.11 bits per heavy atom. The molecule has 0 bridgehead atoms. The first-order valence-electron chi connectivity index (χ1n) is 13.7. The summed E-state index contributed by atoms with van der Waals surface area (Å²) >= 11 is 6.29. The smallest absolute Gasteiger partial charge is 0.317 e. The van der Waals surface area contributed by atoms with Crippen molar-refractivity contribution in [3.63, 3.8) is 0 Å². The van der Waals surface area contributed by atoms with E-state index in [0.29, 0.717) is 17.5 Å². The van der Waals surface area contributed by atoms with Gasteiger partial charge < -0.3 is 25.6 Å². The largest absolute Gasteiger partial charge is 0.363 e. The van der Waals surface area contributed by atoms with Gasteiger partial charge in [0.15, 0.2) is 0 Å². The number of hydrogen-bond donors (Lipinski definition) is 3. The van der Waals surface area contributed by atoms with Crippen LogP contribution in [-0.4, -0.2) is 62.2 Å². The molecule has 0 aromatic heterocycles. The van der Waals surface area contributed by atoms with Crippen LogP contribution in [0.25, 0.3) is 0 Å². The van der Waals surface area contributed by atoms with E-state index in [4.69, 9.17) is 16.3 Å². The third kappa shape index (κ3) is 9.24. The van der Waals surface area contributed by atoms with Crippen LogP contribution in [0.1, 0.15) is 76.9 Å². The zero-order valence-corrected chi connectivity index (χ0v) is 23.0. The van der Waals surface area contributed by atoms with E-state index < -0.39 is 0 Å². The maximum atomic E-state index is 13.3. The van der Waals surface area contributed by atoms with Gasteiger partial charge in [0, 0.05) is 42.7 Å². The third-order valence-electron chi connectivity index (χ3n) is 7.31. The van der Waals surface area contributed by atoms with Crippen molar-refractivity contribution in [3.05, 3.63) is 34.9 Å². The number of carbonyl (C=O) groups excluding carboxylic acids is 2. The van der Waals surface area contributed by atoms with Crippen molar-refractivity contribution in [2.45, 2.75) is 83.4 Å². The van der Waals surface area contributed by atoms with Crippen LogP contribution in [0.3, 0.4) is 0 Å². The van der Waals surface area contributed by atoms with Crippen molar-refractivity contribution in [2.75, 3.05) is 33.3 Å². The second-order valence-electron chi connectivity index (χ2n) is 10.8. The van der Waals surface area contributed by atoms with E-state index in [-0.39, 0.29) is 42.7 Å². The minimum atomic E-state index is -0.312. The van der Waals surface area contributed by atoms with E-state index in [9.17, 15) is 9.59 Å². The predicted molar refractivity (Wildman–Crippen MR) is 145 cm³/mol. The van der Waals surface area contributed by atoms with Gasteiger partial charge in [-0.15, -0.1) is 0 Å². The number of likely N-dealkylation sites (N-methyl/N-ethyl adjacent to an activating group) is 1. The first-order valence-corrected chi connectivity index (χ1v) is 14.1. The Balaban J connectivity index is 1.65. The number of nitrogens with zero attached hydrogens (tertiary/aromatic N) is 1. The lowest BCUT2D eigenvalue weighted by molar-refractivity contribution is -0.130. The number of piperidine rings is 1. The summed E-state index contributed by atoms with van der Waals surface area (Å²) < 4.78 is 6.19. The lowest BCUT2D eigenvalue weighted by atomic mass is 9.85. The van der Waals surface area contributed by atoms with Gasteiger partial charge in [0.05, 0.1) is 6.10 Å². The number of amides is 3. The summed E-state index contributed by atoms with van der Waals surface area (Å²) in [6.45, 7) is 5.93. The molecular formula is C28H45ClN4O3. The van der Waals surface area contributed by atoms with Gasteiger partial charge in [0.1, 0.15) is 6.61 Å². The second kappa shape index (κ2) is 14.8. The maximum absolute atomic E-state index is 13.3. The van der Waals surface area contributed by atoms with Gasteiger partial charge >= 0.3 is 6.03 Å². The van der Waals surface area contributed by atoms with Crippen molar-refractivity contribution in [1.29, 1.82) is 0 Å². The van der Waals surface area contributed by atoms with Gasteiger partial charge in [-0.2, -0.15) is 0 Å². The summed E-state index contributed by atoms with van der Waals surface area (Å²) in [6.07, 6.45) is 9.03. The molecule has 1 unspecified atom stereocenters. The molecule has 3 amide bonds. The van der Waals surface area contributed by atoms with E-state index in [1.807, 2.05) is 50.1 Å². The number of ether oxygens (including phenoxy) is 1. The Bertz CT molecular complexity index is 831. The Kier molecular flexibility index (Phi) is 11.8. The Morgan fingerprint density at radius 2 is 1.89 bits per heavy atom. The lowest BCUT2D eigenvalue weighted by Gasteiger charge is -2.38. The second-order valence-corrected chi connectivity index (χ2v) is 11.2. The number of likely N-dealkylation sites (tertiary alicyclic amines) is 1. The number of carbonyl (C=O) groups is 2. The fourth-order valence-electron chi connectivity index (χ4n) is 5.69. The molecule has 1 saturated carbocycles. The summed E-state index contributed by atoms with van der Waals surface area (Å²) in [6, 6.07) is 7.82. The summed E-state index contributed by atoms with van der Waals surface area (Å²) in [5.74, 6) is 0.639. The van der Waals surface area contributed by atoms with Crippen LogP contribution in [0.5, 0.6) is 0 Å². The number of hydrogen-bond acceptors (Lipinski definition) is 4. The maximum Gasteiger partial charge on any atom is 0.317 e. The molecule has 0 radical (unpaired) electrons. The van der Waals surface area contributed by atoms with E-state index >= 15 is 0 Å². The molecule has 2 fully saturated rings. The summed E-state index contributed by atoms with van der Waals surface area (Å²) in [4.78, 5) is 27.6. The van der Waals surface area contributed by atoms with Gasteiger partial charge in [-0.3, -0.25) is 4.79 Å². The van der Waals surface area contributed by atoms with Crippen LogP contribution in [0.4, 0.5) is 4.79 Å². The van der Waals surface area contributed by atoms with Gasteiger partial charge in [-0.05, 0) is 63.8 Å². The first kappa shape index (κ1) is 28.7. The van der Waals surface area contributed by atoms with Crippen molar-refractivity contribution in [3.8, 4) is 0 Å². The normalized spacial score (nSPS) is 20.7. The third-order valence-corrected chi connectivity index (χ3v) is 7.55. The molecule has 7 nitrogen and oxygen atoms in total. The standard InChI is InChI=1S/C28H45ClN4O3/c1-20(2)31-26(34)19-36-27(22-11-7-13-24(29)16-22)23-12-8-14-33(18-23)28(35)32-25(17-30-3)15-21-9-5-4-6-10-21/h7,11,13,16,20-21,23,25,27,30H,4-6,8-10,12,14-15,17-19H2,1-3H3,(H,31,34)(H,32,35)/t23-,25+,27?/m1/s1. The van der Waals surface area contributed by atoms with Crippen molar-refractivity contribution < 1.29 is 14.3 Å². The lowest BCUT2D eigenvalue weighted by Crippen LogP contribution is -2.52. The van der Waals surface area contributed by atoms with Crippen LogP contribution in [0, 0.1) is 11.8 Å². The molecule has 1 aromatic rings. The van der Waals surface area contributed by atoms with Crippen molar-refractivity contribution >= 4 is 23.5 Å². The molecule has 0 spiro atoms. The predicted octanol–water partition coefficient (Wildman–Crippen LogP) is 4.90. The first-order chi connectivity index (χ1) is 17.4. The average molecular weight is 521 g/mol. The van der Waals surface area contributed by atoms with Crippen LogP contribution in [0.15, 0.2) is 24.3 Å². The average Bonchev–Trinajstić information content (AvgIpc) is 2.85. The molecule has 36 heavy (non-hydrogen) atoms. The van der Waals surface area contributed by atoms with Crippen molar-refractivity contribution in [2.24, 2.45) is 11.8 Å². The van der Waals surface area contributed by atoms with E-state index in [1.54, 1.807) is 0 Å². The molecule has 3 rings (SSSR count). The Labute approximate surface area is 222 Å². The minimum absolute atomic E-state index is 0.00171. The van der Waals surface area contributed by atoms with Crippen molar-refractivity contribution in [1.82, 2.24) is 20.9 Å². The zero-order valence-electron chi connectivity index (χ0n) is 22.2. The molecule has 8 heteroatoms. The van der Waals surface area contributed by atoms with Gasteiger partial charge in [-0.25, -0.2) is 4.79 Å². The molecule has 3 N–H and O–H groups in total. The quantitative estimate of drug-likeness (QED) is 0.387. The Hall–Kier alpha value is -1.83. The molecule has 1 aliphatic carbocycles. The molecule has 1 aliphatic heterocycles. The summed E-state index contributed by atoms with van der Waals surface area (Å²) in [5.41, 5.74) is 0.942. The van der Waals surface area contributed by atoms with Crippen LogP contribution < -0.4 is 16.0 Å². The Morgan fingerprint density at radius 3 is 2.58 bits per heavy atom. The molecule has 1 saturated heterocycles. The summed E-state index contributed by atoms with van der Waals surface area (Å²) in [7, 11) is 1.94. The number of urea groups is 1. The molecule has 202 valence electrons. The van der Waals surface area contributed by atoms with E-state index in [1.165, 1.54) is 32.1 Å². The SMILES string of the molecule is CNC[C@H](CC1CCCCC1)NC(=O)N1CCC[C@@H](C(OCC(=O)NC(C)C)c2cccc(Cl)c2)C1. The minimum Gasteiger partial charge on any atom is -0.363 e. The fourth-order valence-corrected chi connectivity index (χ4v) is 5.89. The highest BCUT2D eigenvalue weighted by molar-refractivity contribution is 6.30. The van der Waals surface area contributed by atoms with E-state index in [0.717, 1.165) is 37.9 Å². The highest BCUT2D eigenvalue weighted by Crippen LogP contribution is 2.34. The number of benzene rings is 1. The van der Waals surface area contributed by atoms with Gasteiger partial charge in [0.2, 0.25) is 5.91 Å². The highest BCUT2D eigenvalue weighted by atomic mass is 35.5. The molecule has 1 heterocycles. The highest BCUT2D eigenvalue weighted by Gasteiger charge is 2.32. The molecule has 3 atom stereocenters. The fraction of sp³-hybridized carbons (Fsp3) is 0.714. The van der Waals surface area contributed by atoms with Crippen LogP contribution in [0.2, 0.25) is 5.02 Å². The summed E-state index contributed by atoms with van der Waals surface area (Å²) in [5, 5.41) is 10.1. The molecule has 1 aromatic carbocycles. The topological polar surface area (TPSA) is 82.7 Å². The van der Waals surface area contributed by atoms with E-state index in [2.05, 4.69) is 16.0 Å². The number of rotatable bonds is 11. The molecular weight excluding hydrogens is 476 g/mol. The number of nitrogens with one attached hydrogen (secondary N) is 3. The van der Waals surface area contributed by atoms with Gasteiger partial charge in [0.25, 0.3) is 0 Å². The number of halogens is 1. The van der Waals surface area contributed by atoms with Gasteiger partial charge in [-0.1, -0.05) is 55.8 Å². The monoisotopic (exact) mass is 520 g/mol.